The van der Waals surface area contributed by atoms with E-state index in [0.29, 0.717) is 19.6 Å². The van der Waals surface area contributed by atoms with Crippen molar-refractivity contribution in [3.63, 3.8) is 0 Å². The van der Waals surface area contributed by atoms with Gasteiger partial charge in [0.25, 0.3) is 0 Å². The SMILES string of the molecule is COCC(Cl)CCNS(=O)(=O)CC(C)(C)C. The molecular weight excluding hydrogens is 250 g/mol. The fraction of sp³-hybridized carbons (Fsp3) is 1.00. The van der Waals surface area contributed by atoms with Gasteiger partial charge in [0, 0.05) is 13.7 Å². The van der Waals surface area contributed by atoms with E-state index >= 15 is 0 Å². The molecule has 0 aromatic rings. The van der Waals surface area contributed by atoms with Crippen molar-refractivity contribution in [1.29, 1.82) is 0 Å². The second-order valence-corrected chi connectivity index (χ2v) is 7.48. The molecule has 0 spiro atoms. The summed E-state index contributed by atoms with van der Waals surface area (Å²) in [7, 11) is -1.63. The Kier molecular flexibility index (Phi) is 6.86. The maximum absolute atomic E-state index is 11.6. The minimum Gasteiger partial charge on any atom is -0.383 e. The van der Waals surface area contributed by atoms with Gasteiger partial charge in [-0.3, -0.25) is 0 Å². The molecule has 0 radical (unpaired) electrons. The summed E-state index contributed by atoms with van der Waals surface area (Å²) in [6.45, 7) is 6.46. The van der Waals surface area contributed by atoms with Crippen molar-refractivity contribution in [3.8, 4) is 0 Å². The Bertz CT molecular complexity index is 285. The van der Waals surface area contributed by atoms with E-state index in [0.717, 1.165) is 0 Å². The van der Waals surface area contributed by atoms with Crippen LogP contribution >= 0.6 is 11.6 Å². The molecule has 0 heterocycles. The van der Waals surface area contributed by atoms with Crippen LogP contribution in [0.1, 0.15) is 27.2 Å². The Balaban J connectivity index is 3.92. The van der Waals surface area contributed by atoms with Gasteiger partial charge < -0.3 is 4.74 Å². The minimum absolute atomic E-state index is 0.122. The van der Waals surface area contributed by atoms with Crippen LogP contribution in [0.2, 0.25) is 0 Å². The van der Waals surface area contributed by atoms with Gasteiger partial charge in [-0.25, -0.2) is 13.1 Å². The molecule has 0 aromatic heterocycles. The number of hydrogen-bond acceptors (Lipinski definition) is 3. The lowest BCUT2D eigenvalue weighted by atomic mass is 10.0. The van der Waals surface area contributed by atoms with Gasteiger partial charge in [-0.2, -0.15) is 0 Å². The summed E-state index contributed by atoms with van der Waals surface area (Å²) < 4.78 is 30.6. The van der Waals surface area contributed by atoms with Crippen molar-refractivity contribution in [1.82, 2.24) is 4.72 Å². The van der Waals surface area contributed by atoms with Gasteiger partial charge in [0.15, 0.2) is 0 Å². The number of hydrogen-bond donors (Lipinski definition) is 1. The Morgan fingerprint density at radius 2 is 1.94 bits per heavy atom. The van der Waals surface area contributed by atoms with Crippen molar-refractivity contribution < 1.29 is 13.2 Å². The largest absolute Gasteiger partial charge is 0.383 e. The highest BCUT2D eigenvalue weighted by Gasteiger charge is 2.21. The van der Waals surface area contributed by atoms with Crippen LogP contribution in [0.25, 0.3) is 0 Å². The summed E-state index contributed by atoms with van der Waals surface area (Å²) in [5.74, 6) is 0.122. The van der Waals surface area contributed by atoms with Gasteiger partial charge >= 0.3 is 0 Å². The topological polar surface area (TPSA) is 55.4 Å². The molecule has 4 nitrogen and oxygen atoms in total. The van der Waals surface area contributed by atoms with E-state index in [1.165, 1.54) is 0 Å². The van der Waals surface area contributed by atoms with Gasteiger partial charge in [0.05, 0.1) is 17.7 Å². The van der Waals surface area contributed by atoms with Gasteiger partial charge in [-0.1, -0.05) is 20.8 Å². The van der Waals surface area contributed by atoms with Crippen LogP contribution in [0, 0.1) is 5.41 Å². The first kappa shape index (κ1) is 16.2. The van der Waals surface area contributed by atoms with E-state index in [-0.39, 0.29) is 16.5 Å². The lowest BCUT2D eigenvalue weighted by Gasteiger charge is -2.18. The first-order valence-electron chi connectivity index (χ1n) is 5.26. The minimum atomic E-state index is -3.20. The van der Waals surface area contributed by atoms with Crippen molar-refractivity contribution in [3.05, 3.63) is 0 Å². The number of rotatable bonds is 7. The molecule has 0 saturated heterocycles. The zero-order valence-corrected chi connectivity index (χ0v) is 12.0. The zero-order chi connectivity index (χ0) is 12.8. The van der Waals surface area contributed by atoms with E-state index in [9.17, 15) is 8.42 Å². The molecule has 0 amide bonds. The predicted octanol–water partition coefficient (Wildman–Crippen LogP) is 1.60. The fourth-order valence-electron chi connectivity index (χ4n) is 1.26. The monoisotopic (exact) mass is 271 g/mol. The van der Waals surface area contributed by atoms with Crippen LogP contribution in [0.5, 0.6) is 0 Å². The molecule has 0 rings (SSSR count). The molecule has 6 heteroatoms. The van der Waals surface area contributed by atoms with Gasteiger partial charge in [0.1, 0.15) is 0 Å². The molecule has 1 N–H and O–H groups in total. The highest BCUT2D eigenvalue weighted by molar-refractivity contribution is 7.89. The molecule has 1 unspecified atom stereocenters. The molecule has 0 aliphatic carbocycles. The Labute approximate surface area is 104 Å². The fourth-order valence-corrected chi connectivity index (χ4v) is 3.16. The van der Waals surface area contributed by atoms with E-state index in [4.69, 9.17) is 16.3 Å². The van der Waals surface area contributed by atoms with Crippen LogP contribution in [-0.4, -0.2) is 39.8 Å². The van der Waals surface area contributed by atoms with E-state index in [2.05, 4.69) is 4.72 Å². The third kappa shape index (κ3) is 9.39. The first-order chi connectivity index (χ1) is 7.16. The average molecular weight is 272 g/mol. The highest BCUT2D eigenvalue weighted by atomic mass is 35.5. The van der Waals surface area contributed by atoms with Crippen molar-refractivity contribution in [2.45, 2.75) is 32.6 Å². The van der Waals surface area contributed by atoms with Crippen molar-refractivity contribution >= 4 is 21.6 Å². The van der Waals surface area contributed by atoms with Crippen LogP contribution < -0.4 is 4.72 Å². The molecule has 0 bridgehead atoms. The summed E-state index contributed by atoms with van der Waals surface area (Å²) in [4.78, 5) is 0. The quantitative estimate of drug-likeness (QED) is 0.716. The van der Waals surface area contributed by atoms with E-state index < -0.39 is 10.0 Å². The lowest BCUT2D eigenvalue weighted by molar-refractivity contribution is 0.196. The summed E-state index contributed by atoms with van der Waals surface area (Å²) in [6.07, 6.45) is 0.568. The molecule has 16 heavy (non-hydrogen) atoms. The third-order valence-electron chi connectivity index (χ3n) is 1.75. The lowest BCUT2D eigenvalue weighted by Crippen LogP contribution is -2.34. The molecule has 0 fully saturated rings. The maximum atomic E-state index is 11.6. The third-order valence-corrected chi connectivity index (χ3v) is 3.98. The Morgan fingerprint density at radius 1 is 1.38 bits per heavy atom. The van der Waals surface area contributed by atoms with Crippen LogP contribution in [0.3, 0.4) is 0 Å². The predicted molar refractivity (Wildman–Crippen MR) is 67.4 cm³/mol. The van der Waals surface area contributed by atoms with Gasteiger partial charge in [0.2, 0.25) is 10.0 Å². The molecule has 98 valence electrons. The van der Waals surface area contributed by atoms with Crippen LogP contribution in [0.4, 0.5) is 0 Å². The Morgan fingerprint density at radius 3 is 2.38 bits per heavy atom. The summed E-state index contributed by atoms with van der Waals surface area (Å²) in [6, 6.07) is 0. The van der Waals surface area contributed by atoms with Crippen LogP contribution in [-0.2, 0) is 14.8 Å². The van der Waals surface area contributed by atoms with Crippen molar-refractivity contribution in [2.75, 3.05) is 26.0 Å². The number of ether oxygens (including phenoxy) is 1. The highest BCUT2D eigenvalue weighted by Crippen LogP contribution is 2.15. The molecule has 0 aromatic carbocycles. The van der Waals surface area contributed by atoms with Gasteiger partial charge in [-0.05, 0) is 11.8 Å². The summed E-state index contributed by atoms with van der Waals surface area (Å²) in [5, 5.41) is -0.151. The second kappa shape index (κ2) is 6.79. The average Bonchev–Trinajstić information content (AvgIpc) is 1.98. The molecule has 0 saturated carbocycles. The number of alkyl halides is 1. The van der Waals surface area contributed by atoms with Gasteiger partial charge in [-0.15, -0.1) is 11.6 Å². The van der Waals surface area contributed by atoms with E-state index in [1.807, 2.05) is 20.8 Å². The Hall–Kier alpha value is 0.160. The standard InChI is InChI=1S/C10H22ClNO3S/c1-10(2,3)8-16(13,14)12-6-5-9(11)7-15-4/h9,12H,5-8H2,1-4H3. The van der Waals surface area contributed by atoms with E-state index in [1.54, 1.807) is 7.11 Å². The number of methoxy groups -OCH3 is 1. The molecule has 0 aliphatic heterocycles. The smallest absolute Gasteiger partial charge is 0.212 e. The van der Waals surface area contributed by atoms with Crippen LogP contribution in [0.15, 0.2) is 0 Å². The second-order valence-electron chi connectivity index (χ2n) is 5.06. The molecular formula is C10H22ClNO3S. The molecule has 0 aliphatic rings. The summed E-state index contributed by atoms with van der Waals surface area (Å²) in [5.41, 5.74) is -0.237. The number of nitrogens with one attached hydrogen (secondary N) is 1. The maximum Gasteiger partial charge on any atom is 0.212 e. The summed E-state index contributed by atoms with van der Waals surface area (Å²) >= 11 is 5.88. The first-order valence-corrected chi connectivity index (χ1v) is 7.35. The van der Waals surface area contributed by atoms with Crippen molar-refractivity contribution in [2.24, 2.45) is 5.41 Å². The normalized spacial score (nSPS) is 15.1. The molecule has 1 atom stereocenters. The zero-order valence-electron chi connectivity index (χ0n) is 10.4. The number of sulfonamides is 1. The number of halogens is 1.